The molecule has 0 radical (unpaired) electrons. The molecule has 0 aromatic heterocycles. The van der Waals surface area contributed by atoms with Gasteiger partial charge in [-0.25, -0.2) is 13.1 Å². The predicted octanol–water partition coefficient (Wildman–Crippen LogP) is 3.72. The van der Waals surface area contributed by atoms with Gasteiger partial charge in [0.2, 0.25) is 15.9 Å². The Morgan fingerprint density at radius 3 is 2.46 bits per heavy atom. The summed E-state index contributed by atoms with van der Waals surface area (Å²) in [5.74, 6) is -0.302. The Bertz CT molecular complexity index is 825. The van der Waals surface area contributed by atoms with Gasteiger partial charge in [0.1, 0.15) is 0 Å². The van der Waals surface area contributed by atoms with Crippen molar-refractivity contribution in [3.8, 4) is 0 Å². The molecule has 8 heteroatoms. The van der Waals surface area contributed by atoms with E-state index in [1.165, 1.54) is 0 Å². The second kappa shape index (κ2) is 8.11. The number of amides is 1. The second-order valence-electron chi connectivity index (χ2n) is 5.26. The van der Waals surface area contributed by atoms with E-state index < -0.39 is 16.1 Å². The second-order valence-corrected chi connectivity index (χ2v) is 8.39. The van der Waals surface area contributed by atoms with Crippen LogP contribution in [0, 0.1) is 0 Å². The van der Waals surface area contributed by atoms with Crippen LogP contribution in [0.2, 0.25) is 5.02 Å². The van der Waals surface area contributed by atoms with Crippen LogP contribution in [0.4, 0.5) is 5.69 Å². The summed E-state index contributed by atoms with van der Waals surface area (Å²) in [5.41, 5.74) is 1.29. The first-order valence-corrected chi connectivity index (χ1v) is 10.1. The first-order valence-electron chi connectivity index (χ1n) is 7.01. The van der Waals surface area contributed by atoms with E-state index in [1.807, 2.05) is 6.07 Å². The minimum atomic E-state index is -3.48. The van der Waals surface area contributed by atoms with Crippen molar-refractivity contribution in [2.75, 3.05) is 11.6 Å². The van der Waals surface area contributed by atoms with Crippen LogP contribution in [-0.2, 0) is 14.8 Å². The highest BCUT2D eigenvalue weighted by Crippen LogP contribution is 2.22. The molecule has 1 amide bonds. The van der Waals surface area contributed by atoms with Gasteiger partial charge >= 0.3 is 0 Å². The van der Waals surface area contributed by atoms with Gasteiger partial charge in [0, 0.05) is 21.6 Å². The average Bonchev–Trinajstić information content (AvgIpc) is 2.45. The summed E-state index contributed by atoms with van der Waals surface area (Å²) >= 11 is 9.19. The fourth-order valence-electron chi connectivity index (χ4n) is 2.14. The maximum Gasteiger partial charge on any atom is 0.226 e. The fourth-order valence-corrected chi connectivity index (χ4v) is 3.41. The lowest BCUT2D eigenvalue weighted by molar-refractivity contribution is -0.116. The highest BCUT2D eigenvalue weighted by Gasteiger charge is 2.20. The number of sulfonamides is 1. The van der Waals surface area contributed by atoms with Gasteiger partial charge in [0.15, 0.2) is 0 Å². The highest BCUT2D eigenvalue weighted by molar-refractivity contribution is 9.10. The molecule has 2 aromatic carbocycles. The number of halogens is 2. The first-order chi connectivity index (χ1) is 11.2. The van der Waals surface area contributed by atoms with E-state index in [9.17, 15) is 13.2 Å². The van der Waals surface area contributed by atoms with Gasteiger partial charge in [-0.15, -0.1) is 0 Å². The molecule has 0 fully saturated rings. The van der Waals surface area contributed by atoms with Crippen molar-refractivity contribution in [1.29, 1.82) is 0 Å². The zero-order chi connectivity index (χ0) is 17.7. The van der Waals surface area contributed by atoms with Crippen molar-refractivity contribution in [3.05, 3.63) is 63.6 Å². The Kier molecular flexibility index (Phi) is 6.40. The Balaban J connectivity index is 2.15. The topological polar surface area (TPSA) is 75.3 Å². The molecule has 0 saturated carbocycles. The Morgan fingerprint density at radius 2 is 1.88 bits per heavy atom. The number of nitrogens with one attached hydrogen (secondary N) is 2. The molecule has 128 valence electrons. The lowest BCUT2D eigenvalue weighted by Gasteiger charge is -2.18. The number of carbonyl (C=O) groups is 1. The van der Waals surface area contributed by atoms with E-state index in [0.29, 0.717) is 16.3 Å². The van der Waals surface area contributed by atoms with E-state index in [0.717, 1.165) is 10.7 Å². The maximum atomic E-state index is 12.3. The zero-order valence-electron chi connectivity index (χ0n) is 12.8. The number of hydrogen-bond donors (Lipinski definition) is 2. The van der Waals surface area contributed by atoms with Crippen LogP contribution >= 0.6 is 27.5 Å². The monoisotopic (exact) mass is 430 g/mol. The van der Waals surface area contributed by atoms with Gasteiger partial charge in [0.25, 0.3) is 0 Å². The summed E-state index contributed by atoms with van der Waals surface area (Å²) in [6.45, 7) is 0. The third kappa shape index (κ3) is 6.24. The Hall–Kier alpha value is -1.41. The summed E-state index contributed by atoms with van der Waals surface area (Å²) in [6.07, 6.45) is 1.02. The van der Waals surface area contributed by atoms with Crippen LogP contribution in [0.1, 0.15) is 18.0 Å². The fraction of sp³-hybridized carbons (Fsp3) is 0.188. The van der Waals surface area contributed by atoms with Gasteiger partial charge in [0.05, 0.1) is 12.3 Å². The SMILES string of the molecule is CS(=O)(=O)NC(CC(=O)Nc1cccc(Br)c1)c1ccc(Cl)cc1. The molecule has 0 aliphatic rings. The Morgan fingerprint density at radius 1 is 1.21 bits per heavy atom. The minimum Gasteiger partial charge on any atom is -0.326 e. The van der Waals surface area contributed by atoms with Gasteiger partial charge in [-0.3, -0.25) is 4.79 Å². The van der Waals surface area contributed by atoms with Crippen molar-refractivity contribution < 1.29 is 13.2 Å². The Labute approximate surface area is 154 Å². The first kappa shape index (κ1) is 18.9. The van der Waals surface area contributed by atoms with Gasteiger partial charge in [-0.2, -0.15) is 0 Å². The van der Waals surface area contributed by atoms with Gasteiger partial charge < -0.3 is 5.32 Å². The maximum absolute atomic E-state index is 12.3. The molecular formula is C16H16BrClN2O3S. The van der Waals surface area contributed by atoms with Crippen LogP contribution in [0.3, 0.4) is 0 Å². The van der Waals surface area contributed by atoms with E-state index in [2.05, 4.69) is 26.0 Å². The third-order valence-electron chi connectivity index (χ3n) is 3.13. The minimum absolute atomic E-state index is 0.0405. The van der Waals surface area contributed by atoms with E-state index >= 15 is 0 Å². The number of benzene rings is 2. The van der Waals surface area contributed by atoms with Crippen LogP contribution in [0.5, 0.6) is 0 Å². The van der Waals surface area contributed by atoms with Crippen LogP contribution < -0.4 is 10.0 Å². The molecule has 2 rings (SSSR count). The average molecular weight is 432 g/mol. The smallest absolute Gasteiger partial charge is 0.226 e. The molecular weight excluding hydrogens is 416 g/mol. The number of rotatable bonds is 6. The van der Waals surface area contributed by atoms with Gasteiger partial charge in [-0.05, 0) is 35.9 Å². The van der Waals surface area contributed by atoms with E-state index in [-0.39, 0.29) is 12.3 Å². The highest BCUT2D eigenvalue weighted by atomic mass is 79.9. The van der Waals surface area contributed by atoms with Crippen molar-refractivity contribution in [1.82, 2.24) is 4.72 Å². The molecule has 0 aliphatic heterocycles. The van der Waals surface area contributed by atoms with Crippen LogP contribution in [-0.4, -0.2) is 20.6 Å². The van der Waals surface area contributed by atoms with Crippen molar-refractivity contribution in [3.63, 3.8) is 0 Å². The quantitative estimate of drug-likeness (QED) is 0.732. The zero-order valence-corrected chi connectivity index (χ0v) is 16.0. The van der Waals surface area contributed by atoms with Gasteiger partial charge in [-0.1, -0.05) is 45.7 Å². The standard InChI is InChI=1S/C16H16BrClN2O3S/c1-24(22,23)20-15(11-5-7-13(18)8-6-11)10-16(21)19-14-4-2-3-12(17)9-14/h2-9,15,20H,10H2,1H3,(H,19,21). The number of carbonyl (C=O) groups excluding carboxylic acids is 1. The third-order valence-corrected chi connectivity index (χ3v) is 4.58. The molecule has 0 aliphatic carbocycles. The molecule has 0 bridgehead atoms. The summed E-state index contributed by atoms with van der Waals surface area (Å²) in [4.78, 5) is 12.3. The molecule has 0 saturated heterocycles. The van der Waals surface area contributed by atoms with Crippen molar-refractivity contribution >= 4 is 49.1 Å². The molecule has 2 aromatic rings. The normalized spacial score (nSPS) is 12.6. The number of anilines is 1. The summed E-state index contributed by atoms with van der Waals surface area (Å²) < 4.78 is 26.5. The van der Waals surface area contributed by atoms with Crippen molar-refractivity contribution in [2.24, 2.45) is 0 Å². The summed E-state index contributed by atoms with van der Waals surface area (Å²) in [7, 11) is -3.48. The molecule has 1 unspecified atom stereocenters. The summed E-state index contributed by atoms with van der Waals surface area (Å²) in [6, 6.07) is 13.2. The lowest BCUT2D eigenvalue weighted by Crippen LogP contribution is -2.30. The van der Waals surface area contributed by atoms with Crippen LogP contribution in [0.15, 0.2) is 53.0 Å². The molecule has 0 spiro atoms. The van der Waals surface area contributed by atoms with E-state index in [4.69, 9.17) is 11.6 Å². The largest absolute Gasteiger partial charge is 0.326 e. The van der Waals surface area contributed by atoms with Crippen molar-refractivity contribution in [2.45, 2.75) is 12.5 Å². The lowest BCUT2D eigenvalue weighted by atomic mass is 10.0. The predicted molar refractivity (Wildman–Crippen MR) is 99.6 cm³/mol. The molecule has 5 nitrogen and oxygen atoms in total. The molecule has 0 heterocycles. The molecule has 24 heavy (non-hydrogen) atoms. The molecule has 1 atom stereocenters. The molecule has 2 N–H and O–H groups in total. The summed E-state index contributed by atoms with van der Waals surface area (Å²) in [5, 5.41) is 3.29. The van der Waals surface area contributed by atoms with Crippen LogP contribution in [0.25, 0.3) is 0 Å². The van der Waals surface area contributed by atoms with E-state index in [1.54, 1.807) is 42.5 Å². The number of hydrogen-bond acceptors (Lipinski definition) is 3.